The molecule has 0 radical (unpaired) electrons. The molecule has 0 aliphatic carbocycles. The van der Waals surface area contributed by atoms with Crippen molar-refractivity contribution >= 4 is 18.3 Å². The van der Waals surface area contributed by atoms with Crippen molar-refractivity contribution in [2.24, 2.45) is 0 Å². The van der Waals surface area contributed by atoms with Crippen molar-refractivity contribution in [3.63, 3.8) is 0 Å². The molecule has 0 aromatic heterocycles. The molecule has 1 aromatic carbocycles. The molecule has 0 aliphatic heterocycles. The Kier molecular flexibility index (Phi) is 9.00. The van der Waals surface area contributed by atoms with Crippen LogP contribution >= 0.6 is 12.4 Å². The first-order chi connectivity index (χ1) is 9.86. The van der Waals surface area contributed by atoms with Gasteiger partial charge in [-0.1, -0.05) is 0 Å². The Balaban J connectivity index is 0.00000441. The second-order valence-corrected chi connectivity index (χ2v) is 4.19. The van der Waals surface area contributed by atoms with Crippen LogP contribution in [0.2, 0.25) is 0 Å². The maximum Gasteiger partial charge on any atom is 0.416 e. The third-order valence-corrected chi connectivity index (χ3v) is 2.61. The van der Waals surface area contributed by atoms with E-state index in [2.05, 4.69) is 10.6 Å². The number of carbonyl (C=O) groups excluding carboxylic acids is 1. The maximum absolute atomic E-state index is 13.4. The minimum Gasteiger partial charge on any atom is -0.383 e. The van der Waals surface area contributed by atoms with Gasteiger partial charge in [-0.05, 0) is 18.2 Å². The number of amides is 1. The van der Waals surface area contributed by atoms with Gasteiger partial charge >= 0.3 is 6.18 Å². The first-order valence-electron chi connectivity index (χ1n) is 6.21. The lowest BCUT2D eigenvalue weighted by atomic mass is 10.1. The molecule has 1 amide bonds. The number of ether oxygens (including phenoxy) is 1. The fourth-order valence-electron chi connectivity index (χ4n) is 1.53. The van der Waals surface area contributed by atoms with Crippen LogP contribution in [0.3, 0.4) is 0 Å². The van der Waals surface area contributed by atoms with E-state index < -0.39 is 29.0 Å². The van der Waals surface area contributed by atoms with Crippen molar-refractivity contribution < 1.29 is 27.1 Å². The van der Waals surface area contributed by atoms with Gasteiger partial charge in [-0.25, -0.2) is 4.39 Å². The molecule has 4 nitrogen and oxygen atoms in total. The van der Waals surface area contributed by atoms with Gasteiger partial charge in [-0.15, -0.1) is 12.4 Å². The molecule has 0 bridgehead atoms. The summed E-state index contributed by atoms with van der Waals surface area (Å²) in [6.45, 7) is 1.63. The summed E-state index contributed by atoms with van der Waals surface area (Å²) in [5.41, 5.74) is -1.69. The van der Waals surface area contributed by atoms with Crippen molar-refractivity contribution in [1.29, 1.82) is 0 Å². The number of rotatable bonds is 7. The SMILES string of the molecule is COCCNCCNC(=O)c1cc(C(F)(F)F)ccc1F.Cl. The minimum absolute atomic E-state index is 0. The van der Waals surface area contributed by atoms with Crippen molar-refractivity contribution in [3.05, 3.63) is 35.1 Å². The Morgan fingerprint density at radius 1 is 1.23 bits per heavy atom. The van der Waals surface area contributed by atoms with Crippen molar-refractivity contribution in [2.75, 3.05) is 33.4 Å². The standard InChI is InChI=1S/C13H16F4N2O2.ClH/c1-21-7-6-18-4-5-19-12(20)10-8-9(13(15,16)17)2-3-11(10)14;/h2-3,8,18H,4-7H2,1H3,(H,19,20);1H. The average Bonchev–Trinajstić information content (AvgIpc) is 2.41. The van der Waals surface area contributed by atoms with Gasteiger partial charge in [0, 0.05) is 26.7 Å². The van der Waals surface area contributed by atoms with Crippen LogP contribution in [0.1, 0.15) is 15.9 Å². The van der Waals surface area contributed by atoms with Crippen LogP contribution in [0.5, 0.6) is 0 Å². The van der Waals surface area contributed by atoms with Gasteiger partial charge in [0.25, 0.3) is 5.91 Å². The van der Waals surface area contributed by atoms with Gasteiger partial charge < -0.3 is 15.4 Å². The summed E-state index contributed by atoms with van der Waals surface area (Å²) in [5, 5.41) is 5.28. The molecular weight excluding hydrogens is 328 g/mol. The molecule has 0 unspecified atom stereocenters. The van der Waals surface area contributed by atoms with Crippen LogP contribution in [0.15, 0.2) is 18.2 Å². The molecule has 0 spiro atoms. The molecule has 1 aromatic rings. The zero-order valence-electron chi connectivity index (χ0n) is 11.8. The average molecular weight is 345 g/mol. The van der Waals surface area contributed by atoms with E-state index in [0.29, 0.717) is 37.9 Å². The van der Waals surface area contributed by atoms with Crippen LogP contribution in [-0.4, -0.2) is 39.3 Å². The van der Waals surface area contributed by atoms with Crippen LogP contribution in [0.25, 0.3) is 0 Å². The predicted molar refractivity (Wildman–Crippen MR) is 75.7 cm³/mol. The summed E-state index contributed by atoms with van der Waals surface area (Å²) in [4.78, 5) is 11.7. The third kappa shape index (κ3) is 6.59. The molecule has 2 N–H and O–H groups in total. The fourth-order valence-corrected chi connectivity index (χ4v) is 1.53. The Bertz CT molecular complexity index is 484. The maximum atomic E-state index is 13.4. The van der Waals surface area contributed by atoms with E-state index in [-0.39, 0.29) is 19.0 Å². The number of nitrogens with one attached hydrogen (secondary N) is 2. The smallest absolute Gasteiger partial charge is 0.383 e. The van der Waals surface area contributed by atoms with Gasteiger partial charge in [0.1, 0.15) is 5.82 Å². The molecule has 0 fully saturated rings. The number of alkyl halides is 3. The van der Waals surface area contributed by atoms with Gasteiger partial charge in [-0.3, -0.25) is 4.79 Å². The highest BCUT2D eigenvalue weighted by Gasteiger charge is 2.31. The largest absolute Gasteiger partial charge is 0.416 e. The predicted octanol–water partition coefficient (Wildman–Crippen LogP) is 2.23. The van der Waals surface area contributed by atoms with Crippen LogP contribution in [0.4, 0.5) is 17.6 Å². The van der Waals surface area contributed by atoms with Crippen LogP contribution < -0.4 is 10.6 Å². The summed E-state index contributed by atoms with van der Waals surface area (Å²) in [6, 6.07) is 1.73. The summed E-state index contributed by atoms with van der Waals surface area (Å²) in [7, 11) is 1.54. The molecule has 9 heteroatoms. The molecule has 0 saturated carbocycles. The van der Waals surface area contributed by atoms with Gasteiger partial charge in [0.15, 0.2) is 0 Å². The summed E-state index contributed by atoms with van der Waals surface area (Å²) >= 11 is 0. The zero-order chi connectivity index (χ0) is 15.9. The van der Waals surface area contributed by atoms with Gasteiger partial charge in [-0.2, -0.15) is 13.2 Å². The minimum atomic E-state index is -4.62. The molecule has 0 atom stereocenters. The number of methoxy groups -OCH3 is 1. The van der Waals surface area contributed by atoms with Crippen molar-refractivity contribution in [2.45, 2.75) is 6.18 Å². The molecule has 0 aliphatic rings. The van der Waals surface area contributed by atoms with Crippen molar-refractivity contribution in [1.82, 2.24) is 10.6 Å². The first-order valence-corrected chi connectivity index (χ1v) is 6.21. The summed E-state index contributed by atoms with van der Waals surface area (Å²) in [5.74, 6) is -1.88. The second kappa shape index (κ2) is 9.60. The molecule has 126 valence electrons. The van der Waals surface area contributed by atoms with E-state index in [9.17, 15) is 22.4 Å². The highest BCUT2D eigenvalue weighted by Crippen LogP contribution is 2.30. The number of halogens is 5. The summed E-state index contributed by atoms with van der Waals surface area (Å²) < 4.78 is 55.8. The highest BCUT2D eigenvalue weighted by molar-refractivity contribution is 5.94. The first kappa shape index (κ1) is 20.6. The third-order valence-electron chi connectivity index (χ3n) is 2.61. The quantitative estimate of drug-likeness (QED) is 0.589. The van der Waals surface area contributed by atoms with Gasteiger partial charge in [0.05, 0.1) is 17.7 Å². The van der Waals surface area contributed by atoms with E-state index in [1.165, 1.54) is 0 Å². The normalized spacial score (nSPS) is 11.0. The molecule has 22 heavy (non-hydrogen) atoms. The second-order valence-electron chi connectivity index (χ2n) is 4.19. The number of carbonyl (C=O) groups is 1. The lowest BCUT2D eigenvalue weighted by Gasteiger charge is -2.10. The Labute approximate surface area is 131 Å². The van der Waals surface area contributed by atoms with E-state index >= 15 is 0 Å². The number of benzene rings is 1. The van der Waals surface area contributed by atoms with Crippen LogP contribution in [0, 0.1) is 5.82 Å². The monoisotopic (exact) mass is 344 g/mol. The molecular formula is C13H17ClF4N2O2. The lowest BCUT2D eigenvalue weighted by molar-refractivity contribution is -0.137. The number of hydrogen-bond acceptors (Lipinski definition) is 3. The fraction of sp³-hybridized carbons (Fsp3) is 0.462. The number of hydrogen-bond donors (Lipinski definition) is 2. The lowest BCUT2D eigenvalue weighted by Crippen LogP contribution is -2.33. The molecule has 0 heterocycles. The van der Waals surface area contributed by atoms with Gasteiger partial charge in [0.2, 0.25) is 0 Å². The van der Waals surface area contributed by atoms with Crippen LogP contribution in [-0.2, 0) is 10.9 Å². The van der Waals surface area contributed by atoms with Crippen molar-refractivity contribution in [3.8, 4) is 0 Å². The van der Waals surface area contributed by atoms with E-state index in [1.807, 2.05) is 0 Å². The van der Waals surface area contributed by atoms with E-state index in [4.69, 9.17) is 4.74 Å². The zero-order valence-corrected chi connectivity index (χ0v) is 12.6. The highest BCUT2D eigenvalue weighted by atomic mass is 35.5. The Hall–Kier alpha value is -1.38. The topological polar surface area (TPSA) is 50.4 Å². The van der Waals surface area contributed by atoms with E-state index in [0.717, 1.165) is 0 Å². The molecule has 1 rings (SSSR count). The Morgan fingerprint density at radius 3 is 2.50 bits per heavy atom. The van der Waals surface area contributed by atoms with E-state index in [1.54, 1.807) is 7.11 Å². The summed E-state index contributed by atoms with van der Waals surface area (Å²) in [6.07, 6.45) is -4.62. The molecule has 0 saturated heterocycles. The Morgan fingerprint density at radius 2 is 1.91 bits per heavy atom.